The molecule has 0 spiro atoms. The van der Waals surface area contributed by atoms with Crippen molar-refractivity contribution in [2.45, 2.75) is 18.7 Å². The highest BCUT2D eigenvalue weighted by molar-refractivity contribution is 7.97. The van der Waals surface area contributed by atoms with Gasteiger partial charge in [0.25, 0.3) is 5.91 Å². The summed E-state index contributed by atoms with van der Waals surface area (Å²) in [5, 5.41) is 3.42. The van der Waals surface area contributed by atoms with Gasteiger partial charge in [-0.3, -0.25) is 4.79 Å². The van der Waals surface area contributed by atoms with Crippen LogP contribution in [0.3, 0.4) is 0 Å². The molecule has 0 radical (unpaired) electrons. The summed E-state index contributed by atoms with van der Waals surface area (Å²) in [5.74, 6) is 2.05. The molecule has 0 aromatic heterocycles. The molecule has 1 heterocycles. The van der Waals surface area contributed by atoms with Crippen LogP contribution in [0.4, 0.5) is 0 Å². The molecule has 6 heteroatoms. The van der Waals surface area contributed by atoms with Crippen LogP contribution in [-0.4, -0.2) is 25.4 Å². The van der Waals surface area contributed by atoms with Crippen LogP contribution in [0.2, 0.25) is 5.02 Å². The lowest BCUT2D eigenvalue weighted by molar-refractivity contribution is 0.0951. The Morgan fingerprint density at radius 2 is 1.92 bits per heavy atom. The fourth-order valence-corrected chi connectivity index (χ4v) is 3.40. The van der Waals surface area contributed by atoms with E-state index in [1.807, 2.05) is 30.3 Å². The number of thioether (sulfide) groups is 1. The van der Waals surface area contributed by atoms with E-state index in [1.54, 1.807) is 17.8 Å². The number of hydrogen-bond acceptors (Lipinski definition) is 4. The number of amides is 1. The Morgan fingerprint density at radius 1 is 1.16 bits per heavy atom. The maximum Gasteiger partial charge on any atom is 0.251 e. The van der Waals surface area contributed by atoms with E-state index < -0.39 is 0 Å². The summed E-state index contributed by atoms with van der Waals surface area (Å²) in [6.45, 7) is 1.57. The van der Waals surface area contributed by atoms with E-state index in [1.165, 1.54) is 5.56 Å². The first-order chi connectivity index (χ1) is 12.2. The maximum absolute atomic E-state index is 12.3. The molecule has 0 saturated carbocycles. The molecule has 3 rings (SSSR count). The van der Waals surface area contributed by atoms with Crippen molar-refractivity contribution >= 4 is 29.3 Å². The Labute approximate surface area is 156 Å². The fourth-order valence-electron chi connectivity index (χ4n) is 2.59. The van der Waals surface area contributed by atoms with Gasteiger partial charge in [-0.15, -0.1) is 0 Å². The second-order valence-corrected chi connectivity index (χ2v) is 7.04. The van der Waals surface area contributed by atoms with Crippen LogP contribution in [0.5, 0.6) is 11.5 Å². The monoisotopic (exact) mass is 377 g/mol. The number of fused-ring (bicyclic) bond motifs is 1. The average molecular weight is 378 g/mol. The van der Waals surface area contributed by atoms with Crippen molar-refractivity contribution < 1.29 is 14.3 Å². The van der Waals surface area contributed by atoms with Crippen molar-refractivity contribution in [3.8, 4) is 11.5 Å². The molecule has 1 aliphatic heterocycles. The molecular formula is C19H20ClNO3S. The summed E-state index contributed by atoms with van der Waals surface area (Å²) in [4.78, 5) is 12.3. The molecule has 0 aliphatic carbocycles. The van der Waals surface area contributed by atoms with Gasteiger partial charge in [-0.05, 0) is 41.6 Å². The zero-order chi connectivity index (χ0) is 17.6. The van der Waals surface area contributed by atoms with Gasteiger partial charge in [0.05, 0.1) is 18.2 Å². The largest absolute Gasteiger partial charge is 0.489 e. The summed E-state index contributed by atoms with van der Waals surface area (Å²) in [6, 6.07) is 11.3. The Morgan fingerprint density at radius 3 is 2.68 bits per heavy atom. The maximum atomic E-state index is 12.3. The number of hydrogen-bond donors (Lipinski definition) is 1. The predicted octanol–water partition coefficient (Wildman–Crippen LogP) is 4.29. The lowest BCUT2D eigenvalue weighted by Gasteiger charge is -2.12. The zero-order valence-corrected chi connectivity index (χ0v) is 15.6. The average Bonchev–Trinajstić information content (AvgIpc) is 2.86. The number of halogens is 1. The van der Waals surface area contributed by atoms with Gasteiger partial charge in [-0.25, -0.2) is 0 Å². The molecule has 1 amide bonds. The Kier molecular flexibility index (Phi) is 6.10. The van der Waals surface area contributed by atoms with Crippen LogP contribution in [0.15, 0.2) is 36.4 Å². The molecule has 2 aromatic rings. The van der Waals surface area contributed by atoms with Crippen molar-refractivity contribution in [2.75, 3.05) is 19.5 Å². The van der Waals surface area contributed by atoms with E-state index >= 15 is 0 Å². The molecule has 0 unspecified atom stereocenters. The topological polar surface area (TPSA) is 47.6 Å². The molecule has 2 aromatic carbocycles. The number of nitrogens with one attached hydrogen (secondary N) is 1. The number of rotatable bonds is 5. The van der Waals surface area contributed by atoms with Crippen LogP contribution < -0.4 is 14.8 Å². The van der Waals surface area contributed by atoms with Gasteiger partial charge in [0.2, 0.25) is 0 Å². The minimum atomic E-state index is -0.112. The van der Waals surface area contributed by atoms with Gasteiger partial charge in [0, 0.05) is 24.3 Å². The third-order valence-electron chi connectivity index (χ3n) is 3.84. The molecule has 132 valence electrons. The molecule has 0 fully saturated rings. The van der Waals surface area contributed by atoms with Gasteiger partial charge in [0.15, 0.2) is 11.5 Å². The van der Waals surface area contributed by atoms with Gasteiger partial charge >= 0.3 is 0 Å². The minimum absolute atomic E-state index is 0.112. The predicted molar refractivity (Wildman–Crippen MR) is 102 cm³/mol. The molecule has 4 nitrogen and oxygen atoms in total. The van der Waals surface area contributed by atoms with Gasteiger partial charge in [-0.1, -0.05) is 23.7 Å². The second kappa shape index (κ2) is 8.50. The van der Waals surface area contributed by atoms with Crippen LogP contribution >= 0.6 is 23.4 Å². The van der Waals surface area contributed by atoms with Crippen molar-refractivity contribution in [3.05, 3.63) is 58.1 Å². The summed E-state index contributed by atoms with van der Waals surface area (Å²) in [5.41, 5.74) is 2.73. The molecule has 1 N–H and O–H groups in total. The molecule has 0 bridgehead atoms. The van der Waals surface area contributed by atoms with Crippen LogP contribution in [-0.2, 0) is 12.3 Å². The second-order valence-electron chi connectivity index (χ2n) is 5.77. The molecule has 0 atom stereocenters. The minimum Gasteiger partial charge on any atom is -0.489 e. The van der Waals surface area contributed by atoms with Crippen LogP contribution in [0.25, 0.3) is 0 Å². The van der Waals surface area contributed by atoms with E-state index in [9.17, 15) is 4.79 Å². The van der Waals surface area contributed by atoms with Crippen molar-refractivity contribution in [2.24, 2.45) is 0 Å². The third kappa shape index (κ3) is 4.61. The first kappa shape index (κ1) is 18.0. The summed E-state index contributed by atoms with van der Waals surface area (Å²) in [6.07, 6.45) is 2.88. The highest BCUT2D eigenvalue weighted by Gasteiger charge is 2.16. The standard InChI is InChI=1S/C19H20ClNO3S/c1-25-12-13-3-5-15(6-4-13)19(22)21-11-14-9-16(20)18-17(10-14)23-7-2-8-24-18/h3-6,9-10H,2,7-8,11-12H2,1H3,(H,21,22). The van der Waals surface area contributed by atoms with Crippen LogP contribution in [0, 0.1) is 0 Å². The van der Waals surface area contributed by atoms with E-state index in [0.29, 0.717) is 41.8 Å². The van der Waals surface area contributed by atoms with Crippen molar-refractivity contribution in [1.82, 2.24) is 5.32 Å². The smallest absolute Gasteiger partial charge is 0.251 e. The number of carbonyl (C=O) groups excluding carboxylic acids is 1. The van der Waals surface area contributed by atoms with Gasteiger partial charge in [0.1, 0.15) is 0 Å². The third-order valence-corrected chi connectivity index (χ3v) is 4.74. The lowest BCUT2D eigenvalue weighted by atomic mass is 10.1. The van der Waals surface area contributed by atoms with E-state index in [-0.39, 0.29) is 5.91 Å². The van der Waals surface area contributed by atoms with E-state index in [0.717, 1.165) is 17.7 Å². The molecule has 1 aliphatic rings. The Hall–Kier alpha value is -1.85. The molecule has 0 saturated heterocycles. The quantitative estimate of drug-likeness (QED) is 0.844. The lowest BCUT2D eigenvalue weighted by Crippen LogP contribution is -2.22. The summed E-state index contributed by atoms with van der Waals surface area (Å²) < 4.78 is 11.3. The van der Waals surface area contributed by atoms with Gasteiger partial charge in [-0.2, -0.15) is 11.8 Å². The van der Waals surface area contributed by atoms with E-state index in [2.05, 4.69) is 11.6 Å². The number of carbonyl (C=O) groups is 1. The number of ether oxygens (including phenoxy) is 2. The first-order valence-corrected chi connectivity index (χ1v) is 9.88. The highest BCUT2D eigenvalue weighted by atomic mass is 35.5. The summed E-state index contributed by atoms with van der Waals surface area (Å²) in [7, 11) is 0. The van der Waals surface area contributed by atoms with Crippen molar-refractivity contribution in [1.29, 1.82) is 0 Å². The normalized spacial score (nSPS) is 13.2. The van der Waals surface area contributed by atoms with Gasteiger partial charge < -0.3 is 14.8 Å². The zero-order valence-electron chi connectivity index (χ0n) is 14.0. The first-order valence-electron chi connectivity index (χ1n) is 8.11. The fraction of sp³-hybridized carbons (Fsp3) is 0.316. The molecule has 25 heavy (non-hydrogen) atoms. The summed E-state index contributed by atoms with van der Waals surface area (Å²) >= 11 is 8.03. The SMILES string of the molecule is CSCc1ccc(C(=O)NCc2cc(Cl)c3c(c2)OCCCO3)cc1. The Bertz CT molecular complexity index is 749. The Balaban J connectivity index is 1.65. The molecular weight excluding hydrogens is 358 g/mol. The van der Waals surface area contributed by atoms with Crippen molar-refractivity contribution in [3.63, 3.8) is 0 Å². The highest BCUT2D eigenvalue weighted by Crippen LogP contribution is 2.37. The number of benzene rings is 2. The van der Waals surface area contributed by atoms with E-state index in [4.69, 9.17) is 21.1 Å². The van der Waals surface area contributed by atoms with Crippen LogP contribution in [0.1, 0.15) is 27.9 Å².